The molecule has 0 aliphatic carbocycles. The smallest absolute Gasteiger partial charge is 0.108 e. The molecule has 0 aromatic carbocycles. The van der Waals surface area contributed by atoms with E-state index in [0.717, 1.165) is 18.7 Å². The lowest BCUT2D eigenvalue weighted by Crippen LogP contribution is -2.40. The fourth-order valence-corrected chi connectivity index (χ4v) is 1.27. The van der Waals surface area contributed by atoms with Gasteiger partial charge in [0.15, 0.2) is 0 Å². The lowest BCUT2D eigenvalue weighted by molar-refractivity contribution is 0.312. The molecule has 0 saturated carbocycles. The fourth-order valence-electron chi connectivity index (χ4n) is 1.27. The van der Waals surface area contributed by atoms with E-state index < -0.39 is 0 Å². The summed E-state index contributed by atoms with van der Waals surface area (Å²) in [5.41, 5.74) is 6.50. The van der Waals surface area contributed by atoms with Crippen LogP contribution >= 0.6 is 0 Å². The summed E-state index contributed by atoms with van der Waals surface area (Å²) in [5, 5.41) is 7.33. The number of rotatable bonds is 5. The van der Waals surface area contributed by atoms with Crippen molar-refractivity contribution in [2.45, 2.75) is 19.4 Å². The van der Waals surface area contributed by atoms with Crippen LogP contribution < -0.4 is 5.73 Å². The van der Waals surface area contributed by atoms with E-state index in [0.29, 0.717) is 0 Å². The van der Waals surface area contributed by atoms with E-state index in [1.165, 1.54) is 0 Å². The molecule has 0 radical (unpaired) electrons. The highest BCUT2D eigenvalue weighted by molar-refractivity contribution is 5.82. The highest BCUT2D eigenvalue weighted by Gasteiger charge is 2.11. The predicted octanol–water partition coefficient (Wildman–Crippen LogP) is 0.880. The molecule has 4 heteroatoms. The summed E-state index contributed by atoms with van der Waals surface area (Å²) >= 11 is 0. The molecule has 1 heterocycles. The Kier molecular flexibility index (Phi) is 4.24. The summed E-state index contributed by atoms with van der Waals surface area (Å²) < 4.78 is 0. The molecule has 15 heavy (non-hydrogen) atoms. The minimum atomic E-state index is -0.00582. The van der Waals surface area contributed by atoms with Crippen molar-refractivity contribution < 1.29 is 0 Å². The summed E-state index contributed by atoms with van der Waals surface area (Å²) in [6.45, 7) is 2.79. The minimum Gasteiger partial charge on any atom is -0.386 e. The van der Waals surface area contributed by atoms with Crippen LogP contribution in [0.5, 0.6) is 0 Å². The van der Waals surface area contributed by atoms with Crippen LogP contribution in [0, 0.1) is 5.41 Å². The molecule has 0 aliphatic heterocycles. The Morgan fingerprint density at radius 2 is 2.33 bits per heavy atom. The van der Waals surface area contributed by atoms with Gasteiger partial charge in [-0.3, -0.25) is 15.3 Å². The van der Waals surface area contributed by atoms with Crippen LogP contribution in [0.15, 0.2) is 24.4 Å². The molecule has 1 atom stereocenters. The maximum atomic E-state index is 7.33. The Labute approximate surface area is 90.6 Å². The number of nitrogens with one attached hydrogen (secondary N) is 1. The zero-order chi connectivity index (χ0) is 11.3. The summed E-state index contributed by atoms with van der Waals surface area (Å²) in [6, 6.07) is 5.89. The molecule has 0 aliphatic rings. The van der Waals surface area contributed by atoms with Crippen molar-refractivity contribution in [3.05, 3.63) is 30.1 Å². The molecule has 0 bridgehead atoms. The maximum Gasteiger partial charge on any atom is 0.108 e. The number of likely N-dealkylation sites (N-methyl/N-ethyl adjacent to an activating group) is 1. The van der Waals surface area contributed by atoms with Crippen molar-refractivity contribution in [1.29, 1.82) is 5.41 Å². The third-order valence-corrected chi connectivity index (χ3v) is 2.56. The Hall–Kier alpha value is -1.42. The highest BCUT2D eigenvalue weighted by atomic mass is 15.1. The molecule has 0 spiro atoms. The molecule has 3 N–H and O–H groups in total. The van der Waals surface area contributed by atoms with Crippen LogP contribution in [0.1, 0.15) is 12.6 Å². The summed E-state index contributed by atoms with van der Waals surface area (Å²) in [6.07, 6.45) is 2.68. The molecule has 1 unspecified atom stereocenters. The molecule has 4 nitrogen and oxygen atoms in total. The van der Waals surface area contributed by atoms with Crippen molar-refractivity contribution in [2.24, 2.45) is 5.73 Å². The summed E-state index contributed by atoms with van der Waals surface area (Å²) in [4.78, 5) is 6.30. The van der Waals surface area contributed by atoms with Gasteiger partial charge in [-0.05, 0) is 26.1 Å². The van der Waals surface area contributed by atoms with Crippen LogP contribution in [-0.2, 0) is 6.42 Å². The first-order valence-corrected chi connectivity index (χ1v) is 5.05. The molecule has 0 fully saturated rings. The van der Waals surface area contributed by atoms with Crippen LogP contribution in [0.3, 0.4) is 0 Å². The van der Waals surface area contributed by atoms with Gasteiger partial charge in [-0.15, -0.1) is 0 Å². The van der Waals surface area contributed by atoms with E-state index >= 15 is 0 Å². The second kappa shape index (κ2) is 5.46. The Bertz CT molecular complexity index is 310. The van der Waals surface area contributed by atoms with Gasteiger partial charge in [-0.2, -0.15) is 0 Å². The number of nitrogens with two attached hydrogens (primary N) is 1. The largest absolute Gasteiger partial charge is 0.386 e. The van der Waals surface area contributed by atoms with Crippen LogP contribution in [0.4, 0.5) is 0 Å². The van der Waals surface area contributed by atoms with Crippen molar-refractivity contribution >= 4 is 5.84 Å². The van der Waals surface area contributed by atoms with Crippen LogP contribution in [0.25, 0.3) is 0 Å². The fraction of sp³-hybridized carbons (Fsp3) is 0.455. The SMILES string of the molecule is CC(C(=N)N)N(C)CCc1ccccn1. The minimum absolute atomic E-state index is 0.00582. The first kappa shape index (κ1) is 11.7. The Balaban J connectivity index is 2.41. The molecule has 0 amide bonds. The zero-order valence-corrected chi connectivity index (χ0v) is 9.27. The molecular weight excluding hydrogens is 188 g/mol. The first-order chi connectivity index (χ1) is 7.11. The molecule has 1 rings (SSSR count). The van der Waals surface area contributed by atoms with Gasteiger partial charge in [0.1, 0.15) is 5.84 Å². The summed E-state index contributed by atoms with van der Waals surface area (Å²) in [7, 11) is 1.97. The maximum absolute atomic E-state index is 7.33. The highest BCUT2D eigenvalue weighted by Crippen LogP contribution is 1.99. The van der Waals surface area contributed by atoms with Gasteiger partial charge in [-0.25, -0.2) is 0 Å². The van der Waals surface area contributed by atoms with E-state index in [2.05, 4.69) is 9.88 Å². The third-order valence-electron chi connectivity index (χ3n) is 2.56. The van der Waals surface area contributed by atoms with Gasteiger partial charge >= 0.3 is 0 Å². The predicted molar refractivity (Wildman–Crippen MR) is 61.9 cm³/mol. The number of hydrogen-bond donors (Lipinski definition) is 2. The Morgan fingerprint density at radius 3 is 2.87 bits per heavy atom. The van der Waals surface area contributed by atoms with E-state index in [4.69, 9.17) is 11.1 Å². The average molecular weight is 206 g/mol. The quantitative estimate of drug-likeness (QED) is 0.555. The lowest BCUT2D eigenvalue weighted by Gasteiger charge is -2.23. The van der Waals surface area contributed by atoms with Gasteiger partial charge < -0.3 is 5.73 Å². The normalized spacial score (nSPS) is 12.7. The van der Waals surface area contributed by atoms with Gasteiger partial charge in [0.25, 0.3) is 0 Å². The second-order valence-corrected chi connectivity index (χ2v) is 3.68. The first-order valence-electron chi connectivity index (χ1n) is 5.05. The van der Waals surface area contributed by atoms with E-state index in [9.17, 15) is 0 Å². The number of hydrogen-bond acceptors (Lipinski definition) is 3. The zero-order valence-electron chi connectivity index (χ0n) is 9.27. The van der Waals surface area contributed by atoms with Crippen LogP contribution in [0.2, 0.25) is 0 Å². The second-order valence-electron chi connectivity index (χ2n) is 3.68. The van der Waals surface area contributed by atoms with Gasteiger partial charge in [0.05, 0.1) is 6.04 Å². The number of nitrogens with zero attached hydrogens (tertiary/aromatic N) is 2. The summed E-state index contributed by atoms with van der Waals surface area (Å²) in [5.74, 6) is 0.207. The average Bonchev–Trinajstić information content (AvgIpc) is 2.26. The standard InChI is InChI=1S/C11H18N4/c1-9(11(12)13)15(2)8-6-10-5-3-4-7-14-10/h3-5,7,9H,6,8H2,1-2H3,(H3,12,13). The topological polar surface area (TPSA) is 66.0 Å². The lowest BCUT2D eigenvalue weighted by atomic mass is 10.2. The van der Waals surface area contributed by atoms with Crippen molar-refractivity contribution in [3.63, 3.8) is 0 Å². The van der Waals surface area contributed by atoms with Crippen molar-refractivity contribution in [1.82, 2.24) is 9.88 Å². The van der Waals surface area contributed by atoms with Gasteiger partial charge in [0.2, 0.25) is 0 Å². The van der Waals surface area contributed by atoms with Crippen molar-refractivity contribution in [3.8, 4) is 0 Å². The van der Waals surface area contributed by atoms with Crippen molar-refractivity contribution in [2.75, 3.05) is 13.6 Å². The molecule has 0 saturated heterocycles. The molecular formula is C11H18N4. The molecule has 1 aromatic rings. The number of aromatic nitrogens is 1. The molecule has 82 valence electrons. The molecule has 1 aromatic heterocycles. The van der Waals surface area contributed by atoms with E-state index in [1.807, 2.05) is 32.2 Å². The monoisotopic (exact) mass is 206 g/mol. The number of amidine groups is 1. The van der Waals surface area contributed by atoms with E-state index in [1.54, 1.807) is 6.20 Å². The number of pyridine rings is 1. The third kappa shape index (κ3) is 3.67. The van der Waals surface area contributed by atoms with Gasteiger partial charge in [0, 0.05) is 24.9 Å². The van der Waals surface area contributed by atoms with Crippen LogP contribution in [-0.4, -0.2) is 35.4 Å². The Morgan fingerprint density at radius 1 is 1.60 bits per heavy atom. The van der Waals surface area contributed by atoms with E-state index in [-0.39, 0.29) is 11.9 Å². The van der Waals surface area contributed by atoms with Gasteiger partial charge in [-0.1, -0.05) is 6.07 Å².